The molecule has 1 aliphatic rings. The summed E-state index contributed by atoms with van der Waals surface area (Å²) in [4.78, 5) is 10.4. The Morgan fingerprint density at radius 3 is 2.90 bits per heavy atom. The first-order chi connectivity index (χ1) is 9.19. The number of nitrogens with two attached hydrogens (primary N) is 1. The fourth-order valence-electron chi connectivity index (χ4n) is 2.51. The molecule has 112 valence electrons. The number of hydrogen-bond acceptors (Lipinski definition) is 3. The number of carboxylic acid groups (broad SMARTS) is 1. The Kier molecular flexibility index (Phi) is 6.82. The highest BCUT2D eigenvalue weighted by Crippen LogP contribution is 2.28. The molecule has 3 N–H and O–H groups in total. The van der Waals surface area contributed by atoms with Crippen LogP contribution >= 0.6 is 12.4 Å². The molecule has 4 nitrogen and oxygen atoms in total. The Bertz CT molecular complexity index is 451. The standard InChI is InChI=1S/C15H21NO3.ClH/c16-10-11-3-4-12-5-6-14(9-13(12)8-11)19-7-1-2-15(17)18;/h5-6,9,11H,1-4,7-8,10,16H2,(H,17,18);1H. The van der Waals surface area contributed by atoms with E-state index in [4.69, 9.17) is 15.6 Å². The highest BCUT2D eigenvalue weighted by Gasteiger charge is 2.17. The Hall–Kier alpha value is -1.26. The van der Waals surface area contributed by atoms with Gasteiger partial charge in [-0.15, -0.1) is 12.4 Å². The van der Waals surface area contributed by atoms with Gasteiger partial charge in [-0.3, -0.25) is 4.79 Å². The van der Waals surface area contributed by atoms with Crippen molar-refractivity contribution >= 4 is 18.4 Å². The van der Waals surface area contributed by atoms with E-state index in [1.807, 2.05) is 6.07 Å². The van der Waals surface area contributed by atoms with Gasteiger partial charge in [0.25, 0.3) is 0 Å². The number of aryl methyl sites for hydroxylation is 1. The van der Waals surface area contributed by atoms with Gasteiger partial charge in [0.15, 0.2) is 0 Å². The second-order valence-electron chi connectivity index (χ2n) is 5.12. The van der Waals surface area contributed by atoms with E-state index in [9.17, 15) is 4.79 Å². The molecule has 1 aliphatic carbocycles. The van der Waals surface area contributed by atoms with Gasteiger partial charge in [0.2, 0.25) is 0 Å². The Labute approximate surface area is 125 Å². The second-order valence-corrected chi connectivity index (χ2v) is 5.12. The van der Waals surface area contributed by atoms with Gasteiger partial charge in [0, 0.05) is 6.42 Å². The van der Waals surface area contributed by atoms with Crippen LogP contribution in [0.2, 0.25) is 0 Å². The SMILES string of the molecule is Cl.NCC1CCc2ccc(OCCCC(=O)O)cc2C1. The van der Waals surface area contributed by atoms with Crippen LogP contribution in [0.5, 0.6) is 5.75 Å². The van der Waals surface area contributed by atoms with E-state index < -0.39 is 5.97 Å². The maximum absolute atomic E-state index is 10.4. The fourth-order valence-corrected chi connectivity index (χ4v) is 2.51. The fraction of sp³-hybridized carbons (Fsp3) is 0.533. The summed E-state index contributed by atoms with van der Waals surface area (Å²) in [5.41, 5.74) is 8.46. The average Bonchev–Trinajstić information content (AvgIpc) is 2.42. The van der Waals surface area contributed by atoms with Gasteiger partial charge in [-0.05, 0) is 61.4 Å². The molecule has 0 spiro atoms. The molecule has 0 saturated carbocycles. The van der Waals surface area contributed by atoms with Gasteiger partial charge in [-0.25, -0.2) is 0 Å². The first-order valence-corrected chi connectivity index (χ1v) is 6.85. The number of halogens is 1. The summed E-state index contributed by atoms with van der Waals surface area (Å²) >= 11 is 0. The normalized spacial score (nSPS) is 16.9. The van der Waals surface area contributed by atoms with Crippen molar-refractivity contribution in [2.75, 3.05) is 13.2 Å². The minimum Gasteiger partial charge on any atom is -0.494 e. The maximum atomic E-state index is 10.4. The van der Waals surface area contributed by atoms with E-state index >= 15 is 0 Å². The summed E-state index contributed by atoms with van der Waals surface area (Å²) in [7, 11) is 0. The van der Waals surface area contributed by atoms with Crippen LogP contribution in [0.15, 0.2) is 18.2 Å². The van der Waals surface area contributed by atoms with Gasteiger partial charge in [-0.1, -0.05) is 6.07 Å². The number of benzene rings is 1. The lowest BCUT2D eigenvalue weighted by atomic mass is 9.84. The molecule has 5 heteroatoms. The monoisotopic (exact) mass is 299 g/mol. The summed E-state index contributed by atoms with van der Waals surface area (Å²) in [6.07, 6.45) is 3.98. The molecule has 1 atom stereocenters. The van der Waals surface area contributed by atoms with Crippen molar-refractivity contribution in [1.29, 1.82) is 0 Å². The van der Waals surface area contributed by atoms with Crippen LogP contribution < -0.4 is 10.5 Å². The van der Waals surface area contributed by atoms with Crippen LogP contribution in [-0.4, -0.2) is 24.2 Å². The van der Waals surface area contributed by atoms with Crippen LogP contribution in [-0.2, 0) is 17.6 Å². The van der Waals surface area contributed by atoms with E-state index in [-0.39, 0.29) is 18.8 Å². The molecular formula is C15H22ClNO3. The summed E-state index contributed by atoms with van der Waals surface area (Å²) < 4.78 is 5.60. The van der Waals surface area contributed by atoms with Gasteiger partial charge in [0.05, 0.1) is 6.61 Å². The maximum Gasteiger partial charge on any atom is 0.303 e. The Morgan fingerprint density at radius 2 is 2.20 bits per heavy atom. The summed E-state index contributed by atoms with van der Waals surface area (Å²) in [5.74, 6) is 0.636. The molecule has 0 heterocycles. The summed E-state index contributed by atoms with van der Waals surface area (Å²) in [6.45, 7) is 1.19. The molecule has 1 aromatic carbocycles. The molecule has 1 aromatic rings. The number of carboxylic acids is 1. The third-order valence-electron chi connectivity index (χ3n) is 3.65. The summed E-state index contributed by atoms with van der Waals surface area (Å²) in [5, 5.41) is 8.56. The predicted octanol–water partition coefficient (Wildman–Crippen LogP) is 2.42. The Balaban J connectivity index is 0.00000200. The predicted molar refractivity (Wildman–Crippen MR) is 80.6 cm³/mol. The highest BCUT2D eigenvalue weighted by atomic mass is 35.5. The molecule has 1 unspecified atom stereocenters. The largest absolute Gasteiger partial charge is 0.494 e. The molecule has 0 aliphatic heterocycles. The van der Waals surface area contributed by atoms with Crippen LogP contribution in [0.4, 0.5) is 0 Å². The zero-order valence-electron chi connectivity index (χ0n) is 11.5. The minimum absolute atomic E-state index is 0. The van der Waals surface area contributed by atoms with Crippen molar-refractivity contribution < 1.29 is 14.6 Å². The lowest BCUT2D eigenvalue weighted by Crippen LogP contribution is -2.22. The zero-order valence-corrected chi connectivity index (χ0v) is 12.3. The molecule has 0 saturated heterocycles. The number of ether oxygens (including phenoxy) is 1. The van der Waals surface area contributed by atoms with E-state index in [2.05, 4.69) is 12.1 Å². The van der Waals surface area contributed by atoms with E-state index in [1.54, 1.807) is 0 Å². The van der Waals surface area contributed by atoms with E-state index in [0.29, 0.717) is 18.9 Å². The molecule has 0 amide bonds. The molecule has 0 bridgehead atoms. The zero-order chi connectivity index (χ0) is 13.7. The lowest BCUT2D eigenvalue weighted by molar-refractivity contribution is -0.137. The highest BCUT2D eigenvalue weighted by molar-refractivity contribution is 5.85. The minimum atomic E-state index is -0.778. The smallest absolute Gasteiger partial charge is 0.303 e. The third kappa shape index (κ3) is 4.69. The molecule has 2 rings (SSSR count). The van der Waals surface area contributed by atoms with Gasteiger partial charge >= 0.3 is 5.97 Å². The van der Waals surface area contributed by atoms with Gasteiger partial charge < -0.3 is 15.6 Å². The van der Waals surface area contributed by atoms with Crippen LogP contribution in [0, 0.1) is 5.92 Å². The first kappa shape index (κ1) is 16.8. The second kappa shape index (κ2) is 8.12. The van der Waals surface area contributed by atoms with Gasteiger partial charge in [-0.2, -0.15) is 0 Å². The van der Waals surface area contributed by atoms with Crippen molar-refractivity contribution in [3.05, 3.63) is 29.3 Å². The Morgan fingerprint density at radius 1 is 1.40 bits per heavy atom. The number of hydrogen-bond donors (Lipinski definition) is 2. The lowest BCUT2D eigenvalue weighted by Gasteiger charge is -2.23. The van der Waals surface area contributed by atoms with Crippen molar-refractivity contribution in [2.45, 2.75) is 32.1 Å². The number of fused-ring (bicyclic) bond motifs is 1. The van der Waals surface area contributed by atoms with Crippen molar-refractivity contribution in [3.8, 4) is 5.75 Å². The molecule has 0 radical (unpaired) electrons. The molecule has 0 aromatic heterocycles. The van der Waals surface area contributed by atoms with Crippen LogP contribution in [0.1, 0.15) is 30.4 Å². The van der Waals surface area contributed by atoms with Crippen molar-refractivity contribution in [1.82, 2.24) is 0 Å². The van der Waals surface area contributed by atoms with Crippen molar-refractivity contribution in [3.63, 3.8) is 0 Å². The molecule has 0 fully saturated rings. The van der Waals surface area contributed by atoms with Crippen LogP contribution in [0.3, 0.4) is 0 Å². The van der Waals surface area contributed by atoms with E-state index in [1.165, 1.54) is 17.5 Å². The molecular weight excluding hydrogens is 278 g/mol. The average molecular weight is 300 g/mol. The quantitative estimate of drug-likeness (QED) is 0.791. The first-order valence-electron chi connectivity index (χ1n) is 6.85. The number of aliphatic carboxylic acids is 1. The molecule has 20 heavy (non-hydrogen) atoms. The topological polar surface area (TPSA) is 72.5 Å². The number of rotatable bonds is 6. The third-order valence-corrected chi connectivity index (χ3v) is 3.65. The number of carbonyl (C=O) groups is 1. The van der Waals surface area contributed by atoms with Gasteiger partial charge in [0.1, 0.15) is 5.75 Å². The van der Waals surface area contributed by atoms with Crippen molar-refractivity contribution in [2.24, 2.45) is 11.7 Å². The van der Waals surface area contributed by atoms with Crippen LogP contribution in [0.25, 0.3) is 0 Å². The van der Waals surface area contributed by atoms with E-state index in [0.717, 1.165) is 25.1 Å². The summed E-state index contributed by atoms with van der Waals surface area (Å²) in [6, 6.07) is 6.18.